The maximum absolute atomic E-state index is 13.3. The topological polar surface area (TPSA) is 68.0 Å². The molecule has 0 spiro atoms. The lowest BCUT2D eigenvalue weighted by Crippen LogP contribution is -2.00. The van der Waals surface area contributed by atoms with Gasteiger partial charge in [0.2, 0.25) is 0 Å². The summed E-state index contributed by atoms with van der Waals surface area (Å²) in [5.74, 6) is -1.61. The predicted molar refractivity (Wildman–Crippen MR) is 70.9 cm³/mol. The molecule has 0 aliphatic rings. The Balaban J connectivity index is 2.31. The smallest absolute Gasteiger partial charge is 0.336 e. The first-order valence-corrected chi connectivity index (χ1v) is 5.87. The molecule has 1 aromatic carbocycles. The average molecular weight is 271 g/mol. The molecular formula is C14H10FN3O2. The molecule has 3 aromatic rings. The fraction of sp³-hybridized carbons (Fsp3) is 0.0714. The van der Waals surface area contributed by atoms with Crippen molar-refractivity contribution in [1.29, 1.82) is 0 Å². The fourth-order valence-electron chi connectivity index (χ4n) is 2.08. The number of aromatic nitrogens is 3. The van der Waals surface area contributed by atoms with E-state index in [9.17, 15) is 14.3 Å². The summed E-state index contributed by atoms with van der Waals surface area (Å²) < 4.78 is 14.9. The highest BCUT2D eigenvalue weighted by atomic mass is 19.1. The maximum atomic E-state index is 13.3. The molecule has 100 valence electrons. The number of halogens is 1. The van der Waals surface area contributed by atoms with Gasteiger partial charge < -0.3 is 5.11 Å². The standard InChI is InChI=1S/C14H10FN3O2/c1-18-7-8(6-16-18)13-5-11(14(19)20)10-4-9(15)2-3-12(10)17-13/h2-7H,1H3,(H,19,20). The molecule has 3 rings (SSSR count). The largest absolute Gasteiger partial charge is 0.478 e. The molecule has 2 aromatic heterocycles. The van der Waals surface area contributed by atoms with Crippen molar-refractivity contribution in [2.75, 3.05) is 0 Å². The van der Waals surface area contributed by atoms with Gasteiger partial charge in [-0.2, -0.15) is 5.10 Å². The number of carboxylic acids is 1. The van der Waals surface area contributed by atoms with Crippen LogP contribution in [-0.4, -0.2) is 25.8 Å². The first-order valence-electron chi connectivity index (χ1n) is 5.87. The number of carboxylic acid groups (broad SMARTS) is 1. The molecule has 0 fully saturated rings. The minimum Gasteiger partial charge on any atom is -0.478 e. The second kappa shape index (κ2) is 4.41. The molecule has 5 nitrogen and oxygen atoms in total. The molecule has 0 unspecified atom stereocenters. The van der Waals surface area contributed by atoms with E-state index >= 15 is 0 Å². The van der Waals surface area contributed by atoms with Crippen molar-refractivity contribution in [2.24, 2.45) is 7.05 Å². The maximum Gasteiger partial charge on any atom is 0.336 e. The number of nitrogens with zero attached hydrogens (tertiary/aromatic N) is 3. The lowest BCUT2D eigenvalue weighted by molar-refractivity contribution is 0.0699. The molecule has 0 saturated carbocycles. The molecule has 0 aliphatic heterocycles. The van der Waals surface area contributed by atoms with E-state index in [0.717, 1.165) is 0 Å². The quantitative estimate of drug-likeness (QED) is 0.777. The van der Waals surface area contributed by atoms with E-state index in [0.29, 0.717) is 16.8 Å². The van der Waals surface area contributed by atoms with Crippen molar-refractivity contribution in [2.45, 2.75) is 0 Å². The Morgan fingerprint density at radius 1 is 1.35 bits per heavy atom. The van der Waals surface area contributed by atoms with Gasteiger partial charge in [0.05, 0.1) is 23.0 Å². The van der Waals surface area contributed by atoms with E-state index in [2.05, 4.69) is 10.1 Å². The molecule has 1 N–H and O–H groups in total. The molecule has 0 aliphatic carbocycles. The van der Waals surface area contributed by atoms with Crippen LogP contribution in [-0.2, 0) is 7.05 Å². The molecule has 6 heteroatoms. The number of aromatic carboxylic acids is 1. The van der Waals surface area contributed by atoms with Gasteiger partial charge >= 0.3 is 5.97 Å². The summed E-state index contributed by atoms with van der Waals surface area (Å²) in [6, 6.07) is 5.34. The number of hydrogen-bond acceptors (Lipinski definition) is 3. The number of pyridine rings is 1. The number of benzene rings is 1. The van der Waals surface area contributed by atoms with Crippen LogP contribution in [0.15, 0.2) is 36.7 Å². The monoisotopic (exact) mass is 271 g/mol. The Hall–Kier alpha value is -2.76. The summed E-state index contributed by atoms with van der Waals surface area (Å²) >= 11 is 0. The van der Waals surface area contributed by atoms with Crippen LogP contribution in [0.5, 0.6) is 0 Å². The minimum atomic E-state index is -1.12. The predicted octanol–water partition coefficient (Wildman–Crippen LogP) is 2.47. The highest BCUT2D eigenvalue weighted by Gasteiger charge is 2.14. The summed E-state index contributed by atoms with van der Waals surface area (Å²) in [4.78, 5) is 15.7. The van der Waals surface area contributed by atoms with Gasteiger partial charge in [0.1, 0.15) is 5.82 Å². The minimum absolute atomic E-state index is 0.0216. The highest BCUT2D eigenvalue weighted by Crippen LogP contribution is 2.25. The zero-order chi connectivity index (χ0) is 14.3. The second-order valence-electron chi connectivity index (χ2n) is 4.42. The lowest BCUT2D eigenvalue weighted by Gasteiger charge is -2.05. The Morgan fingerprint density at radius 2 is 2.15 bits per heavy atom. The number of fused-ring (bicyclic) bond motifs is 1. The molecular weight excluding hydrogens is 261 g/mol. The van der Waals surface area contributed by atoms with Gasteiger partial charge in [0.15, 0.2) is 0 Å². The van der Waals surface area contributed by atoms with Crippen LogP contribution in [0.4, 0.5) is 4.39 Å². The van der Waals surface area contributed by atoms with Crippen molar-refractivity contribution in [1.82, 2.24) is 14.8 Å². The van der Waals surface area contributed by atoms with Crippen molar-refractivity contribution in [3.8, 4) is 11.3 Å². The summed E-state index contributed by atoms with van der Waals surface area (Å²) in [5.41, 5.74) is 1.66. The van der Waals surface area contributed by atoms with E-state index in [1.807, 2.05) is 0 Å². The van der Waals surface area contributed by atoms with Gasteiger partial charge in [0, 0.05) is 24.2 Å². The van der Waals surface area contributed by atoms with Crippen LogP contribution in [0.25, 0.3) is 22.2 Å². The Morgan fingerprint density at radius 3 is 2.80 bits per heavy atom. The fourth-order valence-corrected chi connectivity index (χ4v) is 2.08. The van der Waals surface area contributed by atoms with Crippen molar-refractivity contribution in [3.05, 3.63) is 48.0 Å². The van der Waals surface area contributed by atoms with Gasteiger partial charge in [0.25, 0.3) is 0 Å². The van der Waals surface area contributed by atoms with Crippen LogP contribution in [0.2, 0.25) is 0 Å². The molecule has 20 heavy (non-hydrogen) atoms. The van der Waals surface area contributed by atoms with E-state index in [1.165, 1.54) is 24.3 Å². The van der Waals surface area contributed by atoms with Crippen LogP contribution >= 0.6 is 0 Å². The first kappa shape index (κ1) is 12.3. The molecule has 0 saturated heterocycles. The van der Waals surface area contributed by atoms with Crippen molar-refractivity contribution >= 4 is 16.9 Å². The summed E-state index contributed by atoms with van der Waals surface area (Å²) in [6.45, 7) is 0. The Bertz CT molecular complexity index is 826. The van der Waals surface area contributed by atoms with E-state index in [4.69, 9.17) is 0 Å². The average Bonchev–Trinajstić information content (AvgIpc) is 2.84. The number of hydrogen-bond donors (Lipinski definition) is 1. The number of carbonyl (C=O) groups is 1. The highest BCUT2D eigenvalue weighted by molar-refractivity contribution is 6.03. The third kappa shape index (κ3) is 2.01. The molecule has 0 bridgehead atoms. The summed E-state index contributed by atoms with van der Waals surface area (Å²) in [6.07, 6.45) is 3.34. The number of rotatable bonds is 2. The zero-order valence-corrected chi connectivity index (χ0v) is 10.5. The van der Waals surface area contributed by atoms with Crippen LogP contribution in [0.3, 0.4) is 0 Å². The van der Waals surface area contributed by atoms with Gasteiger partial charge in [-0.3, -0.25) is 4.68 Å². The van der Waals surface area contributed by atoms with Gasteiger partial charge in [-0.15, -0.1) is 0 Å². The molecule has 0 amide bonds. The van der Waals surface area contributed by atoms with E-state index < -0.39 is 11.8 Å². The SMILES string of the molecule is Cn1cc(-c2cc(C(=O)O)c3cc(F)ccc3n2)cn1. The second-order valence-corrected chi connectivity index (χ2v) is 4.42. The van der Waals surface area contributed by atoms with Crippen LogP contribution < -0.4 is 0 Å². The summed E-state index contributed by atoms with van der Waals surface area (Å²) in [7, 11) is 1.76. The van der Waals surface area contributed by atoms with Crippen molar-refractivity contribution < 1.29 is 14.3 Å². The van der Waals surface area contributed by atoms with E-state index in [1.54, 1.807) is 24.1 Å². The van der Waals surface area contributed by atoms with Crippen molar-refractivity contribution in [3.63, 3.8) is 0 Å². The normalized spacial score (nSPS) is 10.9. The lowest BCUT2D eigenvalue weighted by atomic mass is 10.1. The number of aryl methyl sites for hydroxylation is 1. The van der Waals surface area contributed by atoms with Gasteiger partial charge in [-0.25, -0.2) is 14.2 Å². The Labute approximate surface area is 113 Å². The summed E-state index contributed by atoms with van der Waals surface area (Å²) in [5, 5.41) is 13.6. The molecule has 0 atom stereocenters. The van der Waals surface area contributed by atoms with Crippen LogP contribution in [0, 0.1) is 5.82 Å². The molecule has 2 heterocycles. The van der Waals surface area contributed by atoms with Gasteiger partial charge in [-0.1, -0.05) is 0 Å². The first-order chi connectivity index (χ1) is 9.54. The van der Waals surface area contributed by atoms with E-state index in [-0.39, 0.29) is 10.9 Å². The molecule has 0 radical (unpaired) electrons. The zero-order valence-electron chi connectivity index (χ0n) is 10.5. The Kier molecular flexibility index (Phi) is 2.71. The van der Waals surface area contributed by atoms with Crippen LogP contribution in [0.1, 0.15) is 10.4 Å². The third-order valence-electron chi connectivity index (χ3n) is 3.00. The third-order valence-corrected chi connectivity index (χ3v) is 3.00. The van der Waals surface area contributed by atoms with Gasteiger partial charge in [-0.05, 0) is 24.3 Å².